The summed E-state index contributed by atoms with van der Waals surface area (Å²) in [7, 11) is 0. The molecule has 4 N–H and O–H groups in total. The molecule has 1 aliphatic rings. The van der Waals surface area contributed by atoms with Crippen molar-refractivity contribution in [2.75, 3.05) is 5.32 Å². The van der Waals surface area contributed by atoms with Crippen LogP contribution in [-0.2, 0) is 17.9 Å². The number of rotatable bonds is 8. The molecule has 0 saturated heterocycles. The number of aliphatic hydroxyl groups excluding tert-OH is 1. The maximum absolute atomic E-state index is 12.4. The van der Waals surface area contributed by atoms with Gasteiger partial charge in [0, 0.05) is 29.8 Å². The normalized spacial score (nSPS) is 16.8. The van der Waals surface area contributed by atoms with Crippen LogP contribution in [0, 0.1) is 0 Å². The number of anilines is 2. The van der Waals surface area contributed by atoms with E-state index in [1.54, 1.807) is 24.3 Å². The Hall–Kier alpha value is -4.13. The second kappa shape index (κ2) is 14.4. The SMILES string of the molecule is O=C(O)C(F)(F)F.O=c1[nH]c(Nc2ccc(CN(Cc3ccccc3)[C@H]3CCCC[C@@H]3O)cc2)nn1-c1ccc(Cl)cc1. The summed E-state index contributed by atoms with van der Waals surface area (Å²) in [5.41, 5.74) is 3.53. The van der Waals surface area contributed by atoms with Gasteiger partial charge in [0.15, 0.2) is 0 Å². The van der Waals surface area contributed by atoms with Crippen molar-refractivity contribution in [1.82, 2.24) is 19.7 Å². The van der Waals surface area contributed by atoms with Crippen LogP contribution in [0.1, 0.15) is 36.8 Å². The van der Waals surface area contributed by atoms with Gasteiger partial charge in [-0.25, -0.2) is 9.59 Å². The molecule has 0 amide bonds. The number of H-pyrrole nitrogens is 1. The van der Waals surface area contributed by atoms with E-state index in [2.05, 4.69) is 56.7 Å². The van der Waals surface area contributed by atoms with Crippen LogP contribution >= 0.6 is 11.6 Å². The first-order valence-corrected chi connectivity index (χ1v) is 13.9. The van der Waals surface area contributed by atoms with E-state index in [0.29, 0.717) is 16.7 Å². The number of nitrogens with one attached hydrogen (secondary N) is 2. The number of carbonyl (C=O) groups is 1. The molecular weight excluding hydrogens is 587 g/mol. The van der Waals surface area contributed by atoms with Crippen molar-refractivity contribution in [1.29, 1.82) is 0 Å². The molecule has 1 saturated carbocycles. The van der Waals surface area contributed by atoms with E-state index in [9.17, 15) is 23.1 Å². The Morgan fingerprint density at radius 3 is 2.14 bits per heavy atom. The maximum atomic E-state index is 12.4. The van der Waals surface area contributed by atoms with Crippen molar-refractivity contribution in [3.63, 3.8) is 0 Å². The van der Waals surface area contributed by atoms with Crippen LogP contribution < -0.4 is 11.0 Å². The molecule has 1 heterocycles. The lowest BCUT2D eigenvalue weighted by molar-refractivity contribution is -0.192. The Bertz CT molecular complexity index is 1530. The van der Waals surface area contributed by atoms with Gasteiger partial charge in [-0.3, -0.25) is 9.88 Å². The third-order valence-electron chi connectivity index (χ3n) is 6.93. The topological polar surface area (TPSA) is 123 Å². The highest BCUT2D eigenvalue weighted by Gasteiger charge is 2.38. The number of hydrogen-bond acceptors (Lipinski definition) is 6. The molecule has 4 aromatic rings. The number of aliphatic carboxylic acids is 1. The van der Waals surface area contributed by atoms with Gasteiger partial charge in [0.25, 0.3) is 0 Å². The number of nitrogens with zero attached hydrogens (tertiary/aromatic N) is 3. The van der Waals surface area contributed by atoms with Crippen LogP contribution in [0.4, 0.5) is 24.8 Å². The number of hydrogen-bond donors (Lipinski definition) is 4. The highest BCUT2D eigenvalue weighted by molar-refractivity contribution is 6.30. The summed E-state index contributed by atoms with van der Waals surface area (Å²) in [5.74, 6) is -2.40. The van der Waals surface area contributed by atoms with Crippen molar-refractivity contribution in [2.24, 2.45) is 0 Å². The van der Waals surface area contributed by atoms with Gasteiger partial charge in [-0.1, -0.05) is 66.9 Å². The molecule has 3 aromatic carbocycles. The van der Waals surface area contributed by atoms with Crippen molar-refractivity contribution < 1.29 is 28.2 Å². The number of aromatic amines is 1. The highest BCUT2D eigenvalue weighted by atomic mass is 35.5. The Morgan fingerprint density at radius 2 is 1.56 bits per heavy atom. The van der Waals surface area contributed by atoms with Gasteiger partial charge < -0.3 is 15.5 Å². The van der Waals surface area contributed by atoms with Gasteiger partial charge in [0.05, 0.1) is 11.8 Å². The van der Waals surface area contributed by atoms with E-state index in [4.69, 9.17) is 21.5 Å². The van der Waals surface area contributed by atoms with Gasteiger partial charge >= 0.3 is 17.8 Å². The minimum atomic E-state index is -5.08. The molecule has 5 rings (SSSR count). The van der Waals surface area contributed by atoms with Crippen molar-refractivity contribution >= 4 is 29.2 Å². The molecule has 43 heavy (non-hydrogen) atoms. The van der Waals surface area contributed by atoms with Gasteiger partial charge in [-0.15, -0.1) is 5.10 Å². The number of halogens is 4. The zero-order valence-electron chi connectivity index (χ0n) is 23.0. The molecule has 9 nitrogen and oxygen atoms in total. The van der Waals surface area contributed by atoms with Crippen LogP contribution in [0.2, 0.25) is 5.02 Å². The predicted molar refractivity (Wildman–Crippen MR) is 157 cm³/mol. The summed E-state index contributed by atoms with van der Waals surface area (Å²) in [5, 5.41) is 26.0. The van der Waals surface area contributed by atoms with Crippen LogP contribution in [0.3, 0.4) is 0 Å². The van der Waals surface area contributed by atoms with Crippen molar-refractivity contribution in [3.8, 4) is 5.69 Å². The maximum Gasteiger partial charge on any atom is 0.490 e. The smallest absolute Gasteiger partial charge is 0.475 e. The molecule has 1 fully saturated rings. The standard InChI is InChI=1S/C28H30ClN5O2.C2HF3O2/c29-22-12-16-24(17-13-22)34-28(36)31-27(32-34)30-23-14-10-21(11-15-23)19-33(18-20-6-2-1-3-7-20)25-8-4-5-9-26(25)35;3-2(4,5)1(6)7/h1-3,6-7,10-17,25-26,35H,4-5,8-9,18-19H2,(H2,30,31,32,36);(H,6,7)/t25-,26-;/m0./s1. The largest absolute Gasteiger partial charge is 0.490 e. The van der Waals surface area contributed by atoms with Crippen LogP contribution in [0.25, 0.3) is 5.69 Å². The number of aliphatic hydroxyl groups is 1. The summed E-state index contributed by atoms with van der Waals surface area (Å²) in [4.78, 5) is 26.4. The van der Waals surface area contributed by atoms with Gasteiger partial charge in [-0.05, 0) is 60.4 Å². The summed E-state index contributed by atoms with van der Waals surface area (Å²) >= 11 is 5.94. The fourth-order valence-corrected chi connectivity index (χ4v) is 4.95. The average molecular weight is 618 g/mol. The molecule has 13 heteroatoms. The van der Waals surface area contributed by atoms with Gasteiger partial charge in [0.2, 0.25) is 5.95 Å². The third-order valence-corrected chi connectivity index (χ3v) is 7.18. The van der Waals surface area contributed by atoms with E-state index < -0.39 is 12.1 Å². The van der Waals surface area contributed by atoms with Crippen LogP contribution in [-0.4, -0.2) is 54.2 Å². The average Bonchev–Trinajstić information content (AvgIpc) is 3.34. The van der Waals surface area contributed by atoms with Crippen LogP contribution in [0.5, 0.6) is 0 Å². The fraction of sp³-hybridized carbons (Fsp3) is 0.300. The minimum Gasteiger partial charge on any atom is -0.475 e. The fourth-order valence-electron chi connectivity index (χ4n) is 4.83. The molecule has 0 spiro atoms. The molecule has 1 aliphatic carbocycles. The van der Waals surface area contributed by atoms with E-state index in [1.807, 2.05) is 18.2 Å². The molecule has 0 unspecified atom stereocenters. The number of aromatic nitrogens is 3. The highest BCUT2D eigenvalue weighted by Crippen LogP contribution is 2.27. The third kappa shape index (κ3) is 9.18. The summed E-state index contributed by atoms with van der Waals surface area (Å²) in [6.45, 7) is 1.55. The quantitative estimate of drug-likeness (QED) is 0.194. The lowest BCUT2D eigenvalue weighted by Crippen LogP contribution is -2.44. The Labute approximate surface area is 250 Å². The minimum absolute atomic E-state index is 0.152. The lowest BCUT2D eigenvalue weighted by Gasteiger charge is -2.38. The first-order chi connectivity index (χ1) is 20.5. The number of benzene rings is 3. The van der Waals surface area contributed by atoms with E-state index in [1.165, 1.54) is 10.2 Å². The zero-order valence-corrected chi connectivity index (χ0v) is 23.7. The number of alkyl halides is 3. The lowest BCUT2D eigenvalue weighted by atomic mass is 9.90. The first kappa shape index (κ1) is 31.8. The van der Waals surface area contributed by atoms with Gasteiger partial charge in [0.1, 0.15) is 0 Å². The van der Waals surface area contributed by atoms with Crippen molar-refractivity contribution in [3.05, 3.63) is 105 Å². The van der Waals surface area contributed by atoms with E-state index in [-0.39, 0.29) is 17.8 Å². The monoisotopic (exact) mass is 617 g/mol. The Morgan fingerprint density at radius 1 is 0.977 bits per heavy atom. The number of carboxylic acids is 1. The number of carboxylic acid groups (broad SMARTS) is 1. The Kier molecular flexibility index (Phi) is 10.6. The molecule has 228 valence electrons. The van der Waals surface area contributed by atoms with E-state index in [0.717, 1.165) is 50.0 Å². The molecule has 0 bridgehead atoms. The van der Waals surface area contributed by atoms with Crippen molar-refractivity contribution in [2.45, 2.75) is 57.1 Å². The molecular formula is C30H31ClF3N5O4. The summed E-state index contributed by atoms with van der Waals surface area (Å²) in [6, 6.07) is 25.6. The van der Waals surface area contributed by atoms with E-state index >= 15 is 0 Å². The first-order valence-electron chi connectivity index (χ1n) is 13.6. The summed E-state index contributed by atoms with van der Waals surface area (Å²) < 4.78 is 33.0. The molecule has 2 atom stereocenters. The molecule has 0 radical (unpaired) electrons. The molecule has 1 aromatic heterocycles. The van der Waals surface area contributed by atoms with Crippen LogP contribution in [0.15, 0.2) is 83.7 Å². The zero-order chi connectivity index (χ0) is 31.0. The second-order valence-corrected chi connectivity index (χ2v) is 10.5. The Balaban J connectivity index is 0.000000541. The predicted octanol–water partition coefficient (Wildman–Crippen LogP) is 5.90. The van der Waals surface area contributed by atoms with Gasteiger partial charge in [-0.2, -0.15) is 17.9 Å². The molecule has 0 aliphatic heterocycles. The second-order valence-electron chi connectivity index (χ2n) is 10.1. The summed E-state index contributed by atoms with van der Waals surface area (Å²) in [6.07, 6.45) is -1.27.